The Labute approximate surface area is 92.2 Å². The number of carbonyl (C=O) groups excluding carboxylic acids is 2. The van der Waals surface area contributed by atoms with E-state index in [1.807, 2.05) is 20.8 Å². The molecule has 15 heavy (non-hydrogen) atoms. The quantitative estimate of drug-likeness (QED) is 0.640. The molecular formula is C11H22N2O2. The monoisotopic (exact) mass is 214 g/mol. The van der Waals surface area contributed by atoms with Crippen LogP contribution in [0.4, 0.5) is 0 Å². The average molecular weight is 214 g/mol. The van der Waals surface area contributed by atoms with Gasteiger partial charge < -0.3 is 9.80 Å². The lowest BCUT2D eigenvalue weighted by Gasteiger charge is -2.21. The lowest BCUT2D eigenvalue weighted by molar-refractivity contribution is -0.139. The van der Waals surface area contributed by atoms with Crippen molar-refractivity contribution < 1.29 is 9.59 Å². The van der Waals surface area contributed by atoms with Gasteiger partial charge in [0, 0.05) is 27.2 Å². The Hall–Kier alpha value is -1.06. The predicted molar refractivity (Wildman–Crippen MR) is 60.4 cm³/mol. The minimum atomic E-state index is -0.113. The van der Waals surface area contributed by atoms with Crippen LogP contribution < -0.4 is 0 Å². The van der Waals surface area contributed by atoms with Crippen LogP contribution in [0.5, 0.6) is 0 Å². The number of nitrogens with zero attached hydrogens (tertiary/aromatic N) is 2. The maximum atomic E-state index is 11.6. The molecule has 0 aliphatic carbocycles. The second-order valence-corrected chi connectivity index (χ2v) is 4.25. The molecule has 0 aliphatic heterocycles. The van der Waals surface area contributed by atoms with Gasteiger partial charge in [0.2, 0.25) is 11.8 Å². The molecule has 0 N–H and O–H groups in total. The van der Waals surface area contributed by atoms with Crippen molar-refractivity contribution in [3.63, 3.8) is 0 Å². The molecular weight excluding hydrogens is 192 g/mol. The Balaban J connectivity index is 4.07. The van der Waals surface area contributed by atoms with E-state index >= 15 is 0 Å². The molecule has 0 fully saturated rings. The van der Waals surface area contributed by atoms with Crippen LogP contribution in [-0.2, 0) is 9.59 Å². The van der Waals surface area contributed by atoms with E-state index in [1.54, 1.807) is 23.9 Å². The predicted octanol–water partition coefficient (Wildman–Crippen LogP) is 0.969. The summed E-state index contributed by atoms with van der Waals surface area (Å²) in [5.74, 6) is 0.213. The molecule has 2 amide bonds. The van der Waals surface area contributed by atoms with Crippen molar-refractivity contribution in [3.8, 4) is 0 Å². The summed E-state index contributed by atoms with van der Waals surface area (Å²) in [6.45, 7) is 7.32. The summed E-state index contributed by atoms with van der Waals surface area (Å²) < 4.78 is 0. The van der Waals surface area contributed by atoms with Crippen molar-refractivity contribution in [2.24, 2.45) is 5.92 Å². The highest BCUT2D eigenvalue weighted by molar-refractivity contribution is 5.96. The fourth-order valence-electron chi connectivity index (χ4n) is 1.23. The molecule has 4 nitrogen and oxygen atoms in total. The normalized spacial score (nSPS) is 10.3. The molecule has 0 atom stereocenters. The molecule has 4 heteroatoms. The Morgan fingerprint density at radius 3 is 1.93 bits per heavy atom. The molecule has 0 saturated heterocycles. The average Bonchev–Trinajstić information content (AvgIpc) is 2.15. The zero-order chi connectivity index (χ0) is 12.0. The Bertz CT molecular complexity index is 227. The molecule has 0 aromatic rings. The van der Waals surface area contributed by atoms with Crippen LogP contribution in [0.25, 0.3) is 0 Å². The number of rotatable bonds is 5. The van der Waals surface area contributed by atoms with E-state index in [1.165, 1.54) is 0 Å². The first-order valence-electron chi connectivity index (χ1n) is 5.36. The Morgan fingerprint density at radius 1 is 1.07 bits per heavy atom. The van der Waals surface area contributed by atoms with Gasteiger partial charge in [0.25, 0.3) is 0 Å². The van der Waals surface area contributed by atoms with Gasteiger partial charge >= 0.3 is 0 Å². The fraction of sp³-hybridized carbons (Fsp3) is 0.818. The van der Waals surface area contributed by atoms with Crippen LogP contribution in [0.3, 0.4) is 0 Å². The molecule has 0 radical (unpaired) electrons. The number of hydrogen-bond donors (Lipinski definition) is 0. The Morgan fingerprint density at radius 2 is 1.53 bits per heavy atom. The van der Waals surface area contributed by atoms with Crippen molar-refractivity contribution in [2.75, 3.05) is 27.2 Å². The van der Waals surface area contributed by atoms with Crippen molar-refractivity contribution in [2.45, 2.75) is 27.2 Å². The second kappa shape index (κ2) is 6.43. The molecule has 0 aliphatic rings. The third-order valence-corrected chi connectivity index (χ3v) is 2.27. The minimum absolute atomic E-state index is 0.0203. The van der Waals surface area contributed by atoms with Crippen LogP contribution in [-0.4, -0.2) is 48.8 Å². The van der Waals surface area contributed by atoms with Crippen LogP contribution in [0.1, 0.15) is 27.2 Å². The standard InChI is InChI=1S/C11H22N2O2/c1-6-12(4)10(14)7-11(15)13(5)8-9(2)3/h9H,6-8H2,1-5H3. The largest absolute Gasteiger partial charge is 0.346 e. The molecule has 88 valence electrons. The topological polar surface area (TPSA) is 40.6 Å². The summed E-state index contributed by atoms with van der Waals surface area (Å²) in [4.78, 5) is 26.2. The van der Waals surface area contributed by atoms with Crippen molar-refractivity contribution in [3.05, 3.63) is 0 Å². The molecule has 0 heterocycles. The highest BCUT2D eigenvalue weighted by Crippen LogP contribution is 2.00. The molecule has 0 unspecified atom stereocenters. The minimum Gasteiger partial charge on any atom is -0.346 e. The van der Waals surface area contributed by atoms with Gasteiger partial charge in [-0.1, -0.05) is 13.8 Å². The van der Waals surface area contributed by atoms with E-state index in [9.17, 15) is 9.59 Å². The highest BCUT2D eigenvalue weighted by atomic mass is 16.2. The van der Waals surface area contributed by atoms with E-state index in [0.29, 0.717) is 19.0 Å². The zero-order valence-electron chi connectivity index (χ0n) is 10.4. The third-order valence-electron chi connectivity index (χ3n) is 2.27. The summed E-state index contributed by atoms with van der Waals surface area (Å²) in [7, 11) is 3.44. The van der Waals surface area contributed by atoms with Gasteiger partial charge in [0.05, 0.1) is 0 Å². The van der Waals surface area contributed by atoms with Gasteiger partial charge in [-0.05, 0) is 12.8 Å². The smallest absolute Gasteiger partial charge is 0.231 e. The summed E-state index contributed by atoms with van der Waals surface area (Å²) in [5, 5.41) is 0. The van der Waals surface area contributed by atoms with Crippen LogP contribution in [0.2, 0.25) is 0 Å². The van der Waals surface area contributed by atoms with E-state index < -0.39 is 0 Å². The summed E-state index contributed by atoms with van der Waals surface area (Å²) >= 11 is 0. The number of hydrogen-bond acceptors (Lipinski definition) is 2. The number of amides is 2. The van der Waals surface area contributed by atoms with E-state index in [0.717, 1.165) is 0 Å². The van der Waals surface area contributed by atoms with Crippen molar-refractivity contribution >= 4 is 11.8 Å². The summed E-state index contributed by atoms with van der Waals surface area (Å²) in [5.41, 5.74) is 0. The molecule has 0 aromatic heterocycles. The first kappa shape index (κ1) is 13.9. The molecule has 0 bridgehead atoms. The first-order valence-corrected chi connectivity index (χ1v) is 5.36. The van der Waals surface area contributed by atoms with Gasteiger partial charge in [-0.15, -0.1) is 0 Å². The van der Waals surface area contributed by atoms with Gasteiger partial charge in [-0.3, -0.25) is 9.59 Å². The van der Waals surface area contributed by atoms with Crippen LogP contribution >= 0.6 is 0 Å². The van der Waals surface area contributed by atoms with Crippen molar-refractivity contribution in [1.82, 2.24) is 9.80 Å². The summed E-state index contributed by atoms with van der Waals surface area (Å²) in [6.07, 6.45) is -0.0203. The molecule has 0 rings (SSSR count). The lowest BCUT2D eigenvalue weighted by atomic mass is 10.2. The highest BCUT2D eigenvalue weighted by Gasteiger charge is 2.16. The van der Waals surface area contributed by atoms with Crippen LogP contribution in [0.15, 0.2) is 0 Å². The lowest BCUT2D eigenvalue weighted by Crippen LogP contribution is -2.35. The second-order valence-electron chi connectivity index (χ2n) is 4.25. The van der Waals surface area contributed by atoms with Gasteiger partial charge in [-0.2, -0.15) is 0 Å². The van der Waals surface area contributed by atoms with Crippen LogP contribution in [0, 0.1) is 5.92 Å². The maximum absolute atomic E-state index is 11.6. The van der Waals surface area contributed by atoms with E-state index in [4.69, 9.17) is 0 Å². The SMILES string of the molecule is CCN(C)C(=O)CC(=O)N(C)CC(C)C. The Kier molecular flexibility index (Phi) is 5.97. The van der Waals surface area contributed by atoms with Gasteiger partial charge in [0.15, 0.2) is 0 Å². The fourth-order valence-corrected chi connectivity index (χ4v) is 1.23. The zero-order valence-corrected chi connectivity index (χ0v) is 10.4. The molecule has 0 spiro atoms. The maximum Gasteiger partial charge on any atom is 0.231 e. The third kappa shape index (κ3) is 5.40. The first-order chi connectivity index (χ1) is 6.88. The molecule has 0 aromatic carbocycles. The van der Waals surface area contributed by atoms with E-state index in [-0.39, 0.29) is 18.2 Å². The van der Waals surface area contributed by atoms with Gasteiger partial charge in [0.1, 0.15) is 6.42 Å². The van der Waals surface area contributed by atoms with E-state index in [2.05, 4.69) is 0 Å². The molecule has 0 saturated carbocycles. The summed E-state index contributed by atoms with van der Waals surface area (Å²) in [6, 6.07) is 0. The number of carbonyl (C=O) groups is 2. The van der Waals surface area contributed by atoms with Gasteiger partial charge in [-0.25, -0.2) is 0 Å². The van der Waals surface area contributed by atoms with Crippen molar-refractivity contribution in [1.29, 1.82) is 0 Å².